The second-order valence-electron chi connectivity index (χ2n) is 18.8. The monoisotopic (exact) mass is 890 g/mol. The molecule has 4 aromatic heterocycles. The van der Waals surface area contributed by atoms with E-state index < -0.39 is 10.8 Å². The maximum absolute atomic E-state index is 4.84. The van der Waals surface area contributed by atoms with Crippen molar-refractivity contribution in [2.45, 2.75) is 10.8 Å². The lowest BCUT2D eigenvalue weighted by Gasteiger charge is -2.57. The molecule has 4 heteroatoms. The van der Waals surface area contributed by atoms with Gasteiger partial charge in [0.15, 0.2) is 0 Å². The highest BCUT2D eigenvalue weighted by molar-refractivity contribution is 6.08. The molecule has 16 rings (SSSR count). The molecule has 0 spiro atoms. The summed E-state index contributed by atoms with van der Waals surface area (Å²) in [7, 11) is 0. The number of fused-ring (bicyclic) bond motifs is 6. The van der Waals surface area contributed by atoms with Gasteiger partial charge in [-0.1, -0.05) is 170 Å². The van der Waals surface area contributed by atoms with Gasteiger partial charge in [0, 0.05) is 34.5 Å². The molecule has 3 aliphatic carbocycles. The van der Waals surface area contributed by atoms with Gasteiger partial charge in [-0.15, -0.1) is 0 Å². The fraction of sp³-hybridized carbons (Fsp3) is 0.0303. The van der Waals surface area contributed by atoms with E-state index >= 15 is 0 Å². The van der Waals surface area contributed by atoms with E-state index in [4.69, 9.17) is 9.97 Å². The predicted molar refractivity (Wildman–Crippen MR) is 285 cm³/mol. The van der Waals surface area contributed by atoms with Gasteiger partial charge < -0.3 is 9.13 Å². The SMILES string of the molecule is c1ccc(C23c4ccccc4C(c4ccccc4)(c4ccc(-c5cccc(-n6c7ccccc7c7ncccc76)c5)cc42)c2cc(-c4cccc(-n5c6ccccc6c6ncccc65)c4)ccc23)cc1. The van der Waals surface area contributed by atoms with Crippen LogP contribution in [0.4, 0.5) is 0 Å². The molecule has 70 heavy (non-hydrogen) atoms. The second kappa shape index (κ2) is 14.7. The molecular weight excluding hydrogens is 849 g/mol. The molecule has 326 valence electrons. The summed E-state index contributed by atoms with van der Waals surface area (Å²) in [5.41, 5.74) is 22.6. The van der Waals surface area contributed by atoms with Crippen molar-refractivity contribution in [3.63, 3.8) is 0 Å². The molecule has 0 N–H and O–H groups in total. The number of para-hydroxylation sites is 2. The number of hydrogen-bond donors (Lipinski definition) is 0. The van der Waals surface area contributed by atoms with E-state index in [1.165, 1.54) is 55.6 Å². The van der Waals surface area contributed by atoms with E-state index in [1.807, 2.05) is 24.5 Å². The van der Waals surface area contributed by atoms with Gasteiger partial charge in [-0.25, -0.2) is 0 Å². The van der Waals surface area contributed by atoms with Gasteiger partial charge in [0.2, 0.25) is 0 Å². The fourth-order valence-electron chi connectivity index (χ4n) is 12.8. The molecule has 3 aliphatic rings. The van der Waals surface area contributed by atoms with Crippen molar-refractivity contribution in [2.24, 2.45) is 0 Å². The van der Waals surface area contributed by atoms with E-state index in [9.17, 15) is 0 Å². The van der Waals surface area contributed by atoms with Crippen molar-refractivity contribution in [2.75, 3.05) is 0 Å². The van der Waals surface area contributed by atoms with E-state index in [0.717, 1.165) is 66.4 Å². The molecule has 4 heterocycles. The summed E-state index contributed by atoms with van der Waals surface area (Å²) in [5, 5.41) is 2.30. The Labute approximate surface area is 405 Å². The maximum Gasteiger partial charge on any atom is 0.0963 e. The van der Waals surface area contributed by atoms with Gasteiger partial charge in [-0.2, -0.15) is 0 Å². The summed E-state index contributed by atoms with van der Waals surface area (Å²) in [6.07, 6.45) is 3.78. The second-order valence-corrected chi connectivity index (χ2v) is 18.8. The van der Waals surface area contributed by atoms with Crippen LogP contribution in [0.5, 0.6) is 0 Å². The molecule has 0 radical (unpaired) electrons. The Kier molecular flexibility index (Phi) is 8.17. The number of hydrogen-bond acceptors (Lipinski definition) is 2. The molecule has 0 saturated carbocycles. The van der Waals surface area contributed by atoms with E-state index in [0.29, 0.717) is 0 Å². The lowest BCUT2D eigenvalue weighted by atomic mass is 9.44. The van der Waals surface area contributed by atoms with Crippen molar-refractivity contribution in [1.29, 1.82) is 0 Å². The van der Waals surface area contributed by atoms with Gasteiger partial charge in [-0.05, 0) is 140 Å². The molecule has 0 amide bonds. The highest BCUT2D eigenvalue weighted by Gasteiger charge is 2.60. The normalized spacial score (nSPS) is 16.7. The Morgan fingerprint density at radius 1 is 0.271 bits per heavy atom. The number of benzene rings is 9. The Bertz CT molecular complexity index is 3880. The summed E-state index contributed by atoms with van der Waals surface area (Å²) in [4.78, 5) is 9.69. The quantitative estimate of drug-likeness (QED) is 0.167. The number of aromatic nitrogens is 4. The molecule has 13 aromatic rings. The zero-order valence-electron chi connectivity index (χ0n) is 38.0. The minimum atomic E-state index is -0.610. The van der Waals surface area contributed by atoms with Crippen LogP contribution in [0.1, 0.15) is 44.5 Å². The third-order valence-corrected chi connectivity index (χ3v) is 15.5. The Morgan fingerprint density at radius 2 is 0.657 bits per heavy atom. The maximum atomic E-state index is 4.84. The van der Waals surface area contributed by atoms with Crippen molar-refractivity contribution in [3.8, 4) is 33.6 Å². The summed E-state index contributed by atoms with van der Waals surface area (Å²) in [6.45, 7) is 0. The van der Waals surface area contributed by atoms with Gasteiger partial charge in [-0.3, -0.25) is 9.97 Å². The van der Waals surface area contributed by atoms with Crippen molar-refractivity contribution < 1.29 is 0 Å². The van der Waals surface area contributed by atoms with Crippen LogP contribution >= 0.6 is 0 Å². The van der Waals surface area contributed by atoms with Crippen LogP contribution in [0.3, 0.4) is 0 Å². The molecule has 0 aliphatic heterocycles. The van der Waals surface area contributed by atoms with Gasteiger partial charge in [0.05, 0.1) is 43.9 Å². The third kappa shape index (κ3) is 5.14. The minimum absolute atomic E-state index is 0.610. The topological polar surface area (TPSA) is 35.6 Å². The van der Waals surface area contributed by atoms with Crippen molar-refractivity contribution >= 4 is 43.9 Å². The summed E-state index contributed by atoms with van der Waals surface area (Å²) < 4.78 is 4.72. The summed E-state index contributed by atoms with van der Waals surface area (Å²) in [5.74, 6) is 0. The molecule has 9 aromatic carbocycles. The highest BCUT2D eigenvalue weighted by Crippen LogP contribution is 2.66. The molecule has 2 atom stereocenters. The number of pyridine rings is 2. The third-order valence-electron chi connectivity index (χ3n) is 15.5. The van der Waals surface area contributed by atoms with Crippen LogP contribution in [0.25, 0.3) is 77.5 Å². The first-order chi connectivity index (χ1) is 34.7. The number of rotatable bonds is 6. The van der Waals surface area contributed by atoms with Crippen LogP contribution in [0.2, 0.25) is 0 Å². The largest absolute Gasteiger partial charge is 0.308 e. The van der Waals surface area contributed by atoms with Gasteiger partial charge in [0.25, 0.3) is 0 Å². The Hall–Kier alpha value is -9.12. The molecule has 0 fully saturated rings. The molecule has 0 saturated heterocycles. The van der Waals surface area contributed by atoms with Gasteiger partial charge in [0.1, 0.15) is 0 Å². The van der Waals surface area contributed by atoms with Crippen molar-refractivity contribution in [1.82, 2.24) is 19.1 Å². The average Bonchev–Trinajstić information content (AvgIpc) is 3.96. The van der Waals surface area contributed by atoms with Crippen LogP contribution in [0.15, 0.2) is 255 Å². The van der Waals surface area contributed by atoms with E-state index in [-0.39, 0.29) is 0 Å². The van der Waals surface area contributed by atoms with E-state index in [1.54, 1.807) is 0 Å². The summed E-state index contributed by atoms with van der Waals surface area (Å²) in [6, 6.07) is 90.1. The molecule has 4 nitrogen and oxygen atoms in total. The van der Waals surface area contributed by atoms with Crippen LogP contribution in [-0.2, 0) is 10.8 Å². The highest BCUT2D eigenvalue weighted by atomic mass is 15.0. The van der Waals surface area contributed by atoms with Crippen molar-refractivity contribution in [3.05, 3.63) is 300 Å². The molecular formula is C66H42N4. The fourth-order valence-corrected chi connectivity index (χ4v) is 12.8. The first-order valence-electron chi connectivity index (χ1n) is 24.1. The standard InChI is InChI=1S/C66H42N4/c1-3-19-47(20-4-1)65-53-27-9-10-28-54(53)66(48-21-5-2-6-22-48,56-36-34-45(41-57(56)65)43-17-13-23-49(39-43)69-59-29-11-7-25-51(59)63-61(69)31-15-37-67-63)58-42-46(33-35-55(58)65)44-18-14-24-50(40-44)70-60-30-12-8-26-52(60)64-62(70)32-16-38-68-64/h1-42H. The van der Waals surface area contributed by atoms with Gasteiger partial charge >= 0.3 is 0 Å². The zero-order valence-corrected chi connectivity index (χ0v) is 38.0. The Morgan fingerprint density at radius 3 is 1.13 bits per heavy atom. The smallest absolute Gasteiger partial charge is 0.0963 e. The zero-order chi connectivity index (χ0) is 46.0. The van der Waals surface area contributed by atoms with E-state index in [2.05, 4.69) is 240 Å². The predicted octanol–water partition coefficient (Wildman–Crippen LogP) is 15.4. The summed E-state index contributed by atoms with van der Waals surface area (Å²) >= 11 is 0. The van der Waals surface area contributed by atoms with Crippen LogP contribution in [-0.4, -0.2) is 19.1 Å². The Balaban J connectivity index is 0.978. The van der Waals surface area contributed by atoms with Crippen LogP contribution < -0.4 is 0 Å². The van der Waals surface area contributed by atoms with Crippen LogP contribution in [0, 0.1) is 0 Å². The lowest BCUT2D eigenvalue weighted by molar-refractivity contribution is 0.557. The minimum Gasteiger partial charge on any atom is -0.308 e. The molecule has 2 bridgehead atoms. The molecule has 2 unspecified atom stereocenters. The first kappa shape index (κ1) is 38.9. The first-order valence-corrected chi connectivity index (χ1v) is 24.1. The average molecular weight is 891 g/mol. The number of nitrogens with zero attached hydrogens (tertiary/aromatic N) is 4. The lowest BCUT2D eigenvalue weighted by Crippen LogP contribution is -2.51.